The monoisotopic (exact) mass is 228 g/mol. The van der Waals surface area contributed by atoms with Crippen molar-refractivity contribution in [1.29, 1.82) is 0 Å². The van der Waals surface area contributed by atoms with Gasteiger partial charge in [0.05, 0.1) is 16.3 Å². The van der Waals surface area contributed by atoms with Gasteiger partial charge in [0.2, 0.25) is 0 Å². The van der Waals surface area contributed by atoms with Crippen molar-refractivity contribution < 1.29 is 13.2 Å². The molecular formula is C7H3Cl2F3N. The first kappa shape index (κ1) is 10.5. The minimum atomic E-state index is -4.59. The summed E-state index contributed by atoms with van der Waals surface area (Å²) in [6.07, 6.45) is -4.59. The van der Waals surface area contributed by atoms with E-state index >= 15 is 0 Å². The second kappa shape index (κ2) is 3.27. The van der Waals surface area contributed by atoms with Crippen LogP contribution in [-0.2, 0) is 6.18 Å². The third-order valence-electron chi connectivity index (χ3n) is 1.36. The van der Waals surface area contributed by atoms with E-state index in [1.165, 1.54) is 0 Å². The Bertz CT molecular complexity index is 335. The minimum absolute atomic E-state index is 0.131. The van der Waals surface area contributed by atoms with E-state index in [0.717, 1.165) is 6.07 Å². The van der Waals surface area contributed by atoms with Gasteiger partial charge in [-0.25, -0.2) is 0 Å². The van der Waals surface area contributed by atoms with Gasteiger partial charge in [0, 0.05) is 5.02 Å². The maximum atomic E-state index is 12.2. The highest BCUT2D eigenvalue weighted by molar-refractivity contribution is 6.36. The molecule has 0 aliphatic rings. The quantitative estimate of drug-likeness (QED) is 0.643. The maximum Gasteiger partial charge on any atom is 0.418 e. The Labute approximate surface area is 82.2 Å². The first-order valence-electron chi connectivity index (χ1n) is 3.10. The van der Waals surface area contributed by atoms with Gasteiger partial charge < -0.3 is 0 Å². The van der Waals surface area contributed by atoms with Crippen molar-refractivity contribution in [1.82, 2.24) is 5.73 Å². The molecule has 0 aromatic heterocycles. The van der Waals surface area contributed by atoms with E-state index in [9.17, 15) is 13.2 Å². The molecule has 1 aromatic rings. The number of nitrogens with one attached hydrogen (secondary N) is 1. The van der Waals surface area contributed by atoms with E-state index in [4.69, 9.17) is 28.9 Å². The highest BCUT2D eigenvalue weighted by Crippen LogP contribution is 2.39. The van der Waals surface area contributed by atoms with Crippen LogP contribution in [0.4, 0.5) is 18.9 Å². The zero-order chi connectivity index (χ0) is 10.2. The van der Waals surface area contributed by atoms with Crippen molar-refractivity contribution in [2.24, 2.45) is 0 Å². The van der Waals surface area contributed by atoms with E-state index in [1.54, 1.807) is 0 Å². The average Bonchev–Trinajstić information content (AvgIpc) is 1.94. The number of rotatable bonds is 0. The lowest BCUT2D eigenvalue weighted by molar-refractivity contribution is -0.137. The molecule has 71 valence electrons. The molecule has 13 heavy (non-hydrogen) atoms. The van der Waals surface area contributed by atoms with Crippen molar-refractivity contribution >= 4 is 28.9 Å². The van der Waals surface area contributed by atoms with Gasteiger partial charge in [-0.05, 0) is 12.1 Å². The molecule has 0 amide bonds. The molecule has 0 bridgehead atoms. The first-order chi connectivity index (χ1) is 5.82. The molecule has 1 N–H and O–H groups in total. The number of halogens is 5. The number of benzene rings is 1. The summed E-state index contributed by atoms with van der Waals surface area (Å²) in [7, 11) is 0. The van der Waals surface area contributed by atoms with E-state index < -0.39 is 17.4 Å². The third kappa shape index (κ3) is 2.19. The van der Waals surface area contributed by atoms with Crippen LogP contribution >= 0.6 is 23.2 Å². The molecule has 1 rings (SSSR count). The predicted octanol–water partition coefficient (Wildman–Crippen LogP) is 3.93. The predicted molar refractivity (Wildman–Crippen MR) is 44.2 cm³/mol. The molecule has 0 saturated heterocycles. The molecule has 1 radical (unpaired) electrons. The lowest BCUT2D eigenvalue weighted by Crippen LogP contribution is -2.06. The number of hydrogen-bond donors (Lipinski definition) is 0. The third-order valence-corrected chi connectivity index (χ3v) is 1.88. The highest BCUT2D eigenvalue weighted by Gasteiger charge is 2.34. The Hall–Kier alpha value is -0.610. The van der Waals surface area contributed by atoms with Gasteiger partial charge >= 0.3 is 6.18 Å². The van der Waals surface area contributed by atoms with Crippen LogP contribution in [0.2, 0.25) is 10.0 Å². The van der Waals surface area contributed by atoms with Gasteiger partial charge in [0.25, 0.3) is 0 Å². The molecule has 0 unspecified atom stereocenters. The van der Waals surface area contributed by atoms with Crippen LogP contribution in [0.3, 0.4) is 0 Å². The second-order valence-electron chi connectivity index (χ2n) is 2.31. The topological polar surface area (TPSA) is 23.8 Å². The van der Waals surface area contributed by atoms with Crippen molar-refractivity contribution in [3.63, 3.8) is 0 Å². The largest absolute Gasteiger partial charge is 0.418 e. The molecule has 0 aliphatic heterocycles. The summed E-state index contributed by atoms with van der Waals surface area (Å²) in [5.41, 5.74) is 5.17. The van der Waals surface area contributed by atoms with E-state index in [0.29, 0.717) is 6.07 Å². The molecule has 1 aromatic carbocycles. The lowest BCUT2D eigenvalue weighted by Gasteiger charge is -2.10. The van der Waals surface area contributed by atoms with E-state index in [1.807, 2.05) is 0 Å². The summed E-state index contributed by atoms with van der Waals surface area (Å²) in [5.74, 6) is 0. The van der Waals surface area contributed by atoms with Crippen LogP contribution in [0.1, 0.15) is 5.56 Å². The van der Waals surface area contributed by atoms with Crippen LogP contribution in [0.25, 0.3) is 0 Å². The summed E-state index contributed by atoms with van der Waals surface area (Å²) in [6, 6.07) is 1.77. The van der Waals surface area contributed by atoms with Gasteiger partial charge in [-0.15, -0.1) is 0 Å². The Morgan fingerprint density at radius 3 is 2.15 bits per heavy atom. The summed E-state index contributed by atoms with van der Waals surface area (Å²) < 4.78 is 36.5. The zero-order valence-electron chi connectivity index (χ0n) is 6.04. The normalized spacial score (nSPS) is 11.8. The molecule has 0 spiro atoms. The highest BCUT2D eigenvalue weighted by atomic mass is 35.5. The van der Waals surface area contributed by atoms with Crippen molar-refractivity contribution in [3.05, 3.63) is 27.7 Å². The van der Waals surface area contributed by atoms with Crippen molar-refractivity contribution in [3.8, 4) is 0 Å². The maximum absolute atomic E-state index is 12.2. The van der Waals surface area contributed by atoms with Gasteiger partial charge in [0.15, 0.2) is 0 Å². The fourth-order valence-electron chi connectivity index (χ4n) is 0.797. The Morgan fingerprint density at radius 2 is 1.69 bits per heavy atom. The van der Waals surface area contributed by atoms with Crippen LogP contribution in [0.5, 0.6) is 0 Å². The summed E-state index contributed by atoms with van der Waals surface area (Å²) in [4.78, 5) is 0. The number of alkyl halides is 3. The van der Waals surface area contributed by atoms with Crippen LogP contribution < -0.4 is 5.73 Å². The second-order valence-corrected chi connectivity index (χ2v) is 3.15. The Kier molecular flexibility index (Phi) is 2.63. The zero-order valence-corrected chi connectivity index (χ0v) is 7.56. The van der Waals surface area contributed by atoms with Gasteiger partial charge in [-0.2, -0.15) is 13.2 Å². The molecule has 0 fully saturated rings. The molecule has 0 aliphatic carbocycles. The lowest BCUT2D eigenvalue weighted by atomic mass is 10.2. The van der Waals surface area contributed by atoms with Crippen LogP contribution in [0.15, 0.2) is 12.1 Å². The van der Waals surface area contributed by atoms with Gasteiger partial charge in [-0.1, -0.05) is 23.2 Å². The molecule has 1 nitrogen and oxygen atoms in total. The molecule has 0 atom stereocenters. The SMILES string of the molecule is [NH]c1c(Cl)cc(Cl)cc1C(F)(F)F. The standard InChI is InChI=1S/C7H3Cl2F3N/c8-3-1-4(7(10,11)12)6(13)5(9)2-3/h1-2,13H. The molecule has 0 heterocycles. The van der Waals surface area contributed by atoms with E-state index in [2.05, 4.69) is 0 Å². The van der Waals surface area contributed by atoms with E-state index in [-0.39, 0.29) is 10.0 Å². The number of hydrogen-bond acceptors (Lipinski definition) is 0. The smallest absolute Gasteiger partial charge is 0.299 e. The molecular weight excluding hydrogens is 226 g/mol. The van der Waals surface area contributed by atoms with Crippen LogP contribution in [0, 0.1) is 0 Å². The van der Waals surface area contributed by atoms with Gasteiger partial charge in [-0.3, -0.25) is 5.73 Å². The van der Waals surface area contributed by atoms with Crippen molar-refractivity contribution in [2.45, 2.75) is 6.18 Å². The Balaban J connectivity index is 3.37. The van der Waals surface area contributed by atoms with Crippen molar-refractivity contribution in [2.75, 3.05) is 0 Å². The fraction of sp³-hybridized carbons (Fsp3) is 0.143. The Morgan fingerprint density at radius 1 is 1.15 bits per heavy atom. The fourth-order valence-corrected chi connectivity index (χ4v) is 1.29. The summed E-state index contributed by atoms with van der Waals surface area (Å²) >= 11 is 10.7. The van der Waals surface area contributed by atoms with Crippen LogP contribution in [-0.4, -0.2) is 0 Å². The summed E-state index contributed by atoms with van der Waals surface area (Å²) in [6.45, 7) is 0. The minimum Gasteiger partial charge on any atom is -0.299 e. The average molecular weight is 229 g/mol. The molecule has 0 saturated carbocycles. The summed E-state index contributed by atoms with van der Waals surface area (Å²) in [5, 5.41) is -0.437. The first-order valence-corrected chi connectivity index (χ1v) is 3.86. The van der Waals surface area contributed by atoms with Gasteiger partial charge in [0.1, 0.15) is 0 Å². The molecule has 6 heteroatoms.